The molecule has 1 radical (unpaired) electrons. The van der Waals surface area contributed by atoms with Crippen LogP contribution in [0, 0.1) is 6.07 Å². The van der Waals surface area contributed by atoms with Crippen molar-refractivity contribution in [1.29, 1.82) is 0 Å². The van der Waals surface area contributed by atoms with Gasteiger partial charge in [-0.2, -0.15) is 0 Å². The Bertz CT molecular complexity index is 394. The second-order valence-corrected chi connectivity index (χ2v) is 3.60. The molecule has 0 aliphatic heterocycles. The van der Waals surface area contributed by atoms with Crippen LogP contribution >= 0.6 is 0 Å². The van der Waals surface area contributed by atoms with Crippen molar-refractivity contribution in [2.45, 2.75) is 6.54 Å². The molecule has 2 rings (SSSR count). The average molecular weight is 196 g/mol. The molecule has 0 bridgehead atoms. The second-order valence-electron chi connectivity index (χ2n) is 3.60. The van der Waals surface area contributed by atoms with Gasteiger partial charge in [-0.25, -0.2) is 0 Å². The molecule has 0 N–H and O–H groups in total. The van der Waals surface area contributed by atoms with Crippen molar-refractivity contribution in [3.8, 4) is 0 Å². The highest BCUT2D eigenvalue weighted by Gasteiger charge is 1.99. The van der Waals surface area contributed by atoms with Crippen LogP contribution in [0.5, 0.6) is 0 Å². The Morgan fingerprint density at radius 1 is 1.07 bits per heavy atom. The van der Waals surface area contributed by atoms with Gasteiger partial charge in [0.15, 0.2) is 0 Å². The number of anilines is 1. The number of hydrogen-bond acceptors (Lipinski definition) is 1. The van der Waals surface area contributed by atoms with Crippen molar-refractivity contribution < 1.29 is 0 Å². The Hall–Kier alpha value is -1.76. The van der Waals surface area contributed by atoms with Crippen LogP contribution in [-0.2, 0) is 6.54 Å². The van der Waals surface area contributed by atoms with Gasteiger partial charge in [-0.05, 0) is 23.8 Å². The molecule has 2 aromatic carbocycles. The summed E-state index contributed by atoms with van der Waals surface area (Å²) in [4.78, 5) is 2.21. The summed E-state index contributed by atoms with van der Waals surface area (Å²) in [6, 6.07) is 21.6. The highest BCUT2D eigenvalue weighted by molar-refractivity contribution is 5.45. The summed E-state index contributed by atoms with van der Waals surface area (Å²) in [6.45, 7) is 0.929. The molecule has 0 unspecified atom stereocenters. The highest BCUT2D eigenvalue weighted by Crippen LogP contribution is 2.13. The standard InChI is InChI=1S/C14H14N/c1-15(14-10-6-3-7-11-14)12-13-8-4-2-5-9-13/h2-6,8-11H,12H2,1H3. The largest absolute Gasteiger partial charge is 0.370 e. The Morgan fingerprint density at radius 2 is 1.87 bits per heavy atom. The second kappa shape index (κ2) is 4.65. The maximum Gasteiger partial charge on any atom is 0.0426 e. The van der Waals surface area contributed by atoms with E-state index in [9.17, 15) is 0 Å². The summed E-state index contributed by atoms with van der Waals surface area (Å²) in [5, 5.41) is 0. The van der Waals surface area contributed by atoms with E-state index in [1.54, 1.807) is 0 Å². The lowest BCUT2D eigenvalue weighted by molar-refractivity contribution is 0.923. The predicted octanol–water partition coefficient (Wildman–Crippen LogP) is 3.12. The van der Waals surface area contributed by atoms with E-state index in [0.29, 0.717) is 0 Å². The number of nitrogens with zero attached hydrogens (tertiary/aromatic N) is 1. The van der Waals surface area contributed by atoms with Crippen molar-refractivity contribution >= 4 is 5.69 Å². The van der Waals surface area contributed by atoms with Gasteiger partial charge in [-0.1, -0.05) is 42.5 Å². The van der Waals surface area contributed by atoms with E-state index >= 15 is 0 Å². The van der Waals surface area contributed by atoms with Gasteiger partial charge in [0.2, 0.25) is 0 Å². The zero-order chi connectivity index (χ0) is 10.5. The summed E-state index contributed by atoms with van der Waals surface area (Å²) in [7, 11) is 2.09. The molecule has 0 fully saturated rings. The Kier molecular flexibility index (Phi) is 3.03. The summed E-state index contributed by atoms with van der Waals surface area (Å²) >= 11 is 0. The molecule has 1 heteroatoms. The Labute approximate surface area is 91.0 Å². The third-order valence-corrected chi connectivity index (χ3v) is 2.39. The maximum absolute atomic E-state index is 3.09. The highest BCUT2D eigenvalue weighted by atomic mass is 15.1. The fraction of sp³-hybridized carbons (Fsp3) is 0.143. The smallest absolute Gasteiger partial charge is 0.0426 e. The van der Waals surface area contributed by atoms with Crippen LogP contribution in [0.3, 0.4) is 0 Å². The molecule has 0 aromatic heterocycles. The van der Waals surface area contributed by atoms with Crippen LogP contribution in [0.1, 0.15) is 5.56 Å². The monoisotopic (exact) mass is 196 g/mol. The fourth-order valence-electron chi connectivity index (χ4n) is 1.57. The SMILES string of the molecule is CN(Cc1ccccc1)c1c[c]ccc1. The van der Waals surface area contributed by atoms with E-state index in [1.807, 2.05) is 24.3 Å². The molecule has 0 saturated heterocycles. The van der Waals surface area contributed by atoms with Crippen LogP contribution in [0.15, 0.2) is 54.6 Å². The lowest BCUT2D eigenvalue weighted by atomic mass is 10.2. The van der Waals surface area contributed by atoms with Gasteiger partial charge >= 0.3 is 0 Å². The molecule has 0 heterocycles. The van der Waals surface area contributed by atoms with Gasteiger partial charge in [0.25, 0.3) is 0 Å². The summed E-state index contributed by atoms with van der Waals surface area (Å²) in [5.41, 5.74) is 2.52. The van der Waals surface area contributed by atoms with E-state index in [-0.39, 0.29) is 0 Å². The maximum atomic E-state index is 3.09. The molecule has 0 aliphatic rings. The van der Waals surface area contributed by atoms with Gasteiger partial charge in [0.1, 0.15) is 0 Å². The van der Waals surface area contributed by atoms with Gasteiger partial charge < -0.3 is 4.90 Å². The minimum atomic E-state index is 0.929. The number of hydrogen-bond donors (Lipinski definition) is 0. The van der Waals surface area contributed by atoms with E-state index in [0.717, 1.165) is 6.54 Å². The molecule has 0 aliphatic carbocycles. The Balaban J connectivity index is 2.08. The third-order valence-electron chi connectivity index (χ3n) is 2.39. The van der Waals surface area contributed by atoms with Crippen LogP contribution in [-0.4, -0.2) is 7.05 Å². The van der Waals surface area contributed by atoms with E-state index in [4.69, 9.17) is 0 Å². The van der Waals surface area contributed by atoms with Gasteiger partial charge in [0, 0.05) is 19.3 Å². The molecular weight excluding hydrogens is 182 g/mol. The van der Waals surface area contributed by atoms with E-state index < -0.39 is 0 Å². The van der Waals surface area contributed by atoms with E-state index in [2.05, 4.69) is 48.3 Å². The quantitative estimate of drug-likeness (QED) is 0.729. The zero-order valence-corrected chi connectivity index (χ0v) is 8.85. The zero-order valence-electron chi connectivity index (χ0n) is 8.85. The third kappa shape index (κ3) is 2.59. The lowest BCUT2D eigenvalue weighted by Crippen LogP contribution is -2.15. The topological polar surface area (TPSA) is 3.24 Å². The summed E-state index contributed by atoms with van der Waals surface area (Å²) in [6.07, 6.45) is 0. The van der Waals surface area contributed by atoms with E-state index in [1.165, 1.54) is 11.3 Å². The Morgan fingerprint density at radius 3 is 2.53 bits per heavy atom. The first-order chi connectivity index (χ1) is 7.36. The first kappa shape index (κ1) is 9.78. The molecule has 75 valence electrons. The molecular formula is C14H14N. The molecule has 0 atom stereocenters. The van der Waals surface area contributed by atoms with Crippen LogP contribution < -0.4 is 4.90 Å². The predicted molar refractivity (Wildman–Crippen MR) is 63.8 cm³/mol. The summed E-state index contributed by atoms with van der Waals surface area (Å²) in [5.74, 6) is 0. The van der Waals surface area contributed by atoms with Crippen LogP contribution in [0.25, 0.3) is 0 Å². The first-order valence-electron chi connectivity index (χ1n) is 5.07. The molecule has 0 spiro atoms. The summed E-state index contributed by atoms with van der Waals surface area (Å²) < 4.78 is 0. The number of benzene rings is 2. The molecule has 0 saturated carbocycles. The van der Waals surface area contributed by atoms with Gasteiger partial charge in [0.05, 0.1) is 0 Å². The fourth-order valence-corrected chi connectivity index (χ4v) is 1.57. The average Bonchev–Trinajstić information content (AvgIpc) is 2.31. The molecule has 1 nitrogen and oxygen atoms in total. The van der Waals surface area contributed by atoms with Crippen molar-refractivity contribution in [2.24, 2.45) is 0 Å². The van der Waals surface area contributed by atoms with Crippen LogP contribution in [0.2, 0.25) is 0 Å². The minimum absolute atomic E-state index is 0.929. The van der Waals surface area contributed by atoms with Crippen molar-refractivity contribution in [3.05, 3.63) is 66.2 Å². The normalized spacial score (nSPS) is 9.93. The van der Waals surface area contributed by atoms with Crippen LogP contribution in [0.4, 0.5) is 5.69 Å². The molecule has 0 amide bonds. The first-order valence-corrected chi connectivity index (χ1v) is 5.07. The molecule has 15 heavy (non-hydrogen) atoms. The van der Waals surface area contributed by atoms with Crippen molar-refractivity contribution in [3.63, 3.8) is 0 Å². The van der Waals surface area contributed by atoms with Crippen molar-refractivity contribution in [1.82, 2.24) is 0 Å². The number of rotatable bonds is 3. The molecule has 2 aromatic rings. The minimum Gasteiger partial charge on any atom is -0.370 e. The van der Waals surface area contributed by atoms with Gasteiger partial charge in [-0.3, -0.25) is 0 Å². The lowest BCUT2D eigenvalue weighted by Gasteiger charge is -2.19. The van der Waals surface area contributed by atoms with Gasteiger partial charge in [-0.15, -0.1) is 0 Å². The van der Waals surface area contributed by atoms with Crippen molar-refractivity contribution in [2.75, 3.05) is 11.9 Å².